The number of hydrogen-bond donors (Lipinski definition) is 1. The molecule has 0 saturated heterocycles. The summed E-state index contributed by atoms with van der Waals surface area (Å²) in [7, 11) is 0. The topological polar surface area (TPSA) is 76.8 Å². The maximum Gasteiger partial charge on any atom is 0.0945 e. The van der Waals surface area contributed by atoms with Gasteiger partial charge in [0.25, 0.3) is 0 Å². The van der Waals surface area contributed by atoms with E-state index in [1.165, 1.54) is 5.06 Å². The van der Waals surface area contributed by atoms with Gasteiger partial charge in [0.2, 0.25) is 0 Å². The number of nitrogens with zero attached hydrogens (tertiary/aromatic N) is 4. The Morgan fingerprint density at radius 3 is 2.94 bits per heavy atom. The van der Waals surface area contributed by atoms with Gasteiger partial charge >= 0.3 is 0 Å². The van der Waals surface area contributed by atoms with Crippen molar-refractivity contribution >= 4 is 0 Å². The van der Waals surface area contributed by atoms with E-state index in [0.29, 0.717) is 23.2 Å². The van der Waals surface area contributed by atoms with Crippen molar-refractivity contribution in [3.05, 3.63) is 35.3 Å². The number of hydroxylamine groups is 4. The molecule has 0 atom stereocenters. The normalized spacial score (nSPS) is 16.2. The van der Waals surface area contributed by atoms with Gasteiger partial charge in [0.05, 0.1) is 24.3 Å². The monoisotopic (exact) mass is 239 g/mol. The molecule has 1 N–H and O–H groups in total. The van der Waals surface area contributed by atoms with Crippen LogP contribution in [0.3, 0.4) is 0 Å². The summed E-state index contributed by atoms with van der Waals surface area (Å²) in [4.78, 5) is 8.89. The smallest absolute Gasteiger partial charge is 0.0945 e. The molecule has 2 rings (SSSR count). The lowest BCUT2D eigenvalue weighted by atomic mass is 10.3. The lowest BCUT2D eigenvalue weighted by Crippen LogP contribution is -2.24. The summed E-state index contributed by atoms with van der Waals surface area (Å²) in [5.74, 6) is 0. The molecule has 0 fully saturated rings. The molecule has 0 radical (unpaired) electrons. The summed E-state index contributed by atoms with van der Waals surface area (Å²) in [6.07, 6.45) is 6.12. The largest absolute Gasteiger partial charge is 0.732 e. The number of aryl methyl sites for hydroxylation is 1. The minimum absolute atomic E-state index is 0.199. The number of allylic oxidation sites excluding steroid dienone is 1. The average Bonchev–Trinajstić information content (AvgIpc) is 2.90. The molecule has 0 unspecified atom stereocenters. The van der Waals surface area contributed by atoms with Crippen molar-refractivity contribution in [1.82, 2.24) is 19.8 Å². The number of rotatable bonds is 5. The molecule has 0 bridgehead atoms. The zero-order valence-electron chi connectivity index (χ0n) is 9.61. The lowest BCUT2D eigenvalue weighted by Gasteiger charge is -2.25. The summed E-state index contributed by atoms with van der Waals surface area (Å²) in [5.41, 5.74) is 0.917. The van der Waals surface area contributed by atoms with Crippen LogP contribution in [-0.2, 0) is 11.5 Å². The van der Waals surface area contributed by atoms with Crippen molar-refractivity contribution in [2.45, 2.75) is 19.9 Å². The standard InChI is InChI=1S/C10H15N4O3/c1-9-10(7-15)13(17-14(9)16)5-2-4-12-6-3-11-8-12/h3,6,8,15H,2,4-5,7H2,1H3/q-1. The quantitative estimate of drug-likeness (QED) is 0.804. The van der Waals surface area contributed by atoms with Crippen LogP contribution < -0.4 is 0 Å². The molecule has 7 heteroatoms. The van der Waals surface area contributed by atoms with Crippen molar-refractivity contribution in [3.8, 4) is 0 Å². The van der Waals surface area contributed by atoms with Gasteiger partial charge in [0.15, 0.2) is 0 Å². The van der Waals surface area contributed by atoms with Crippen molar-refractivity contribution in [2.75, 3.05) is 13.2 Å². The summed E-state index contributed by atoms with van der Waals surface area (Å²) in [6.45, 7) is 2.75. The Bertz CT molecular complexity index is 390. The first-order valence-electron chi connectivity index (χ1n) is 5.41. The van der Waals surface area contributed by atoms with E-state index in [0.717, 1.165) is 13.0 Å². The number of hydrogen-bond acceptors (Lipinski definition) is 6. The van der Waals surface area contributed by atoms with Gasteiger partial charge in [-0.05, 0) is 13.3 Å². The molecular formula is C10H15N4O3-. The Kier molecular flexibility index (Phi) is 3.62. The second-order valence-electron chi connectivity index (χ2n) is 3.79. The first kappa shape index (κ1) is 11.9. The van der Waals surface area contributed by atoms with E-state index in [1.54, 1.807) is 19.4 Å². The van der Waals surface area contributed by atoms with Gasteiger partial charge < -0.3 is 14.9 Å². The molecule has 0 spiro atoms. The molecule has 0 amide bonds. The number of aliphatic hydroxyl groups is 1. The van der Waals surface area contributed by atoms with Crippen LogP contribution in [0.15, 0.2) is 30.1 Å². The van der Waals surface area contributed by atoms with Gasteiger partial charge in [-0.15, -0.1) is 0 Å². The second kappa shape index (κ2) is 5.17. The van der Waals surface area contributed by atoms with E-state index in [2.05, 4.69) is 4.98 Å². The molecular weight excluding hydrogens is 224 g/mol. The van der Waals surface area contributed by atoms with Crippen LogP contribution >= 0.6 is 0 Å². The molecule has 7 nitrogen and oxygen atoms in total. The summed E-state index contributed by atoms with van der Waals surface area (Å²) < 4.78 is 1.94. The van der Waals surface area contributed by atoms with Gasteiger partial charge in [0.1, 0.15) is 0 Å². The average molecular weight is 239 g/mol. The van der Waals surface area contributed by atoms with Crippen LogP contribution in [0.25, 0.3) is 0 Å². The van der Waals surface area contributed by atoms with Crippen molar-refractivity contribution in [1.29, 1.82) is 0 Å². The van der Waals surface area contributed by atoms with Crippen molar-refractivity contribution < 1.29 is 10.0 Å². The van der Waals surface area contributed by atoms with Gasteiger partial charge in [-0.25, -0.2) is 10.0 Å². The number of aliphatic hydroxyl groups excluding tert-OH is 1. The fourth-order valence-corrected chi connectivity index (χ4v) is 1.67. The summed E-state index contributed by atoms with van der Waals surface area (Å²) in [6, 6.07) is 0. The maximum atomic E-state index is 11.2. The Balaban J connectivity index is 1.84. The molecule has 2 heterocycles. The summed E-state index contributed by atoms with van der Waals surface area (Å²) >= 11 is 0. The number of aromatic nitrogens is 2. The zero-order valence-corrected chi connectivity index (χ0v) is 9.61. The van der Waals surface area contributed by atoms with Crippen molar-refractivity contribution in [3.63, 3.8) is 0 Å². The third-order valence-electron chi connectivity index (χ3n) is 2.65. The molecule has 0 saturated carbocycles. The first-order valence-corrected chi connectivity index (χ1v) is 5.41. The highest BCUT2D eigenvalue weighted by Crippen LogP contribution is 2.23. The molecule has 1 aromatic heterocycles. The van der Waals surface area contributed by atoms with Crippen LogP contribution in [0.5, 0.6) is 0 Å². The Morgan fingerprint density at radius 1 is 1.47 bits per heavy atom. The summed E-state index contributed by atoms with van der Waals surface area (Å²) in [5, 5.41) is 22.2. The Hall–Kier alpha value is -1.57. The predicted octanol–water partition coefficient (Wildman–Crippen LogP) is 0.459. The van der Waals surface area contributed by atoms with E-state index in [9.17, 15) is 5.21 Å². The molecule has 0 aromatic carbocycles. The van der Waals surface area contributed by atoms with E-state index < -0.39 is 0 Å². The van der Waals surface area contributed by atoms with Gasteiger partial charge in [-0.1, -0.05) is 0 Å². The zero-order chi connectivity index (χ0) is 12.3. The van der Waals surface area contributed by atoms with E-state index in [4.69, 9.17) is 10.0 Å². The molecule has 1 aromatic rings. The minimum Gasteiger partial charge on any atom is -0.732 e. The SMILES string of the molecule is CC1=C(CO)N(CCCn2ccnc2)ON1[O-]. The van der Waals surface area contributed by atoms with Crippen LogP contribution in [0, 0.1) is 5.21 Å². The Labute approximate surface area is 99.0 Å². The third-order valence-corrected chi connectivity index (χ3v) is 2.65. The van der Waals surface area contributed by atoms with Crippen LogP contribution in [0.4, 0.5) is 0 Å². The van der Waals surface area contributed by atoms with E-state index >= 15 is 0 Å². The lowest BCUT2D eigenvalue weighted by molar-refractivity contribution is -0.246. The fraction of sp³-hybridized carbons (Fsp3) is 0.500. The number of imidazole rings is 1. The van der Waals surface area contributed by atoms with Crippen LogP contribution in [0.2, 0.25) is 0 Å². The minimum atomic E-state index is -0.199. The predicted molar refractivity (Wildman–Crippen MR) is 59.6 cm³/mol. The maximum absolute atomic E-state index is 11.2. The molecule has 17 heavy (non-hydrogen) atoms. The second-order valence-corrected chi connectivity index (χ2v) is 3.79. The molecule has 1 aliphatic rings. The Morgan fingerprint density at radius 2 is 2.29 bits per heavy atom. The van der Waals surface area contributed by atoms with Crippen LogP contribution in [0.1, 0.15) is 13.3 Å². The van der Waals surface area contributed by atoms with Crippen LogP contribution in [-0.4, -0.2) is 38.1 Å². The molecule has 0 aliphatic carbocycles. The highest BCUT2D eigenvalue weighted by atomic mass is 17.0. The molecule has 1 aliphatic heterocycles. The van der Waals surface area contributed by atoms with Gasteiger partial charge in [-0.2, -0.15) is 4.94 Å². The van der Waals surface area contributed by atoms with Gasteiger partial charge in [0, 0.05) is 25.5 Å². The van der Waals surface area contributed by atoms with E-state index in [-0.39, 0.29) is 6.61 Å². The molecule has 94 valence electrons. The van der Waals surface area contributed by atoms with Gasteiger partial charge in [-0.3, -0.25) is 5.23 Å². The van der Waals surface area contributed by atoms with Crippen molar-refractivity contribution in [2.24, 2.45) is 0 Å². The third kappa shape index (κ3) is 2.57. The first-order chi connectivity index (χ1) is 8.22. The fourth-order valence-electron chi connectivity index (χ4n) is 1.67. The van der Waals surface area contributed by atoms with E-state index in [1.807, 2.05) is 10.8 Å². The highest BCUT2D eigenvalue weighted by molar-refractivity contribution is 5.11. The highest BCUT2D eigenvalue weighted by Gasteiger charge is 2.21.